The van der Waals surface area contributed by atoms with Crippen LogP contribution in [0.2, 0.25) is 0 Å². The van der Waals surface area contributed by atoms with Crippen LogP contribution < -0.4 is 5.73 Å². The summed E-state index contributed by atoms with van der Waals surface area (Å²) in [5.74, 6) is 0. The van der Waals surface area contributed by atoms with E-state index in [1.807, 2.05) is 22.6 Å². The fraction of sp³-hybridized carbons (Fsp3) is 0.286. The van der Waals surface area contributed by atoms with Crippen LogP contribution >= 0.6 is 38.5 Å². The minimum absolute atomic E-state index is 0.0764. The molecule has 0 aliphatic rings. The number of hydrogen-bond acceptors (Lipinski definition) is 2. The highest BCUT2D eigenvalue weighted by molar-refractivity contribution is 14.1. The maximum absolute atomic E-state index is 12.3. The molecule has 0 saturated carbocycles. The van der Waals surface area contributed by atoms with E-state index in [-0.39, 0.29) is 11.4 Å². The topological polar surface area (TPSA) is 38.9 Å². The molecule has 2 N–H and O–H groups in total. The van der Waals surface area contributed by atoms with Crippen molar-refractivity contribution >= 4 is 44.2 Å². The van der Waals surface area contributed by atoms with Gasteiger partial charge in [0.2, 0.25) is 0 Å². The van der Waals surface area contributed by atoms with Gasteiger partial charge in [0.1, 0.15) is 5.69 Å². The average Bonchev–Trinajstić information content (AvgIpc) is 2.09. The molecule has 2 nitrogen and oxygen atoms in total. The fourth-order valence-corrected chi connectivity index (χ4v) is 2.38. The first kappa shape index (κ1) is 11.1. The Morgan fingerprint density at radius 3 is 2.69 bits per heavy atom. The van der Waals surface area contributed by atoms with Crippen LogP contribution in [0.3, 0.4) is 0 Å². The number of halogens is 4. The molecule has 0 saturated heterocycles. The van der Waals surface area contributed by atoms with Crippen molar-refractivity contribution in [3.05, 3.63) is 21.0 Å². The fourth-order valence-electron chi connectivity index (χ4n) is 0.826. The summed E-state index contributed by atoms with van der Waals surface area (Å²) in [7, 11) is 0. The van der Waals surface area contributed by atoms with Crippen LogP contribution in [0.4, 0.5) is 14.5 Å². The second-order valence-electron chi connectivity index (χ2n) is 2.33. The Morgan fingerprint density at radius 2 is 2.23 bits per heavy atom. The zero-order valence-electron chi connectivity index (χ0n) is 6.40. The average molecular weight is 363 g/mol. The number of alkyl halides is 3. The summed E-state index contributed by atoms with van der Waals surface area (Å²) in [5.41, 5.74) is 6.05. The summed E-state index contributed by atoms with van der Waals surface area (Å²) in [6.07, 6.45) is -1.20. The van der Waals surface area contributed by atoms with Crippen molar-refractivity contribution in [1.82, 2.24) is 4.98 Å². The lowest BCUT2D eigenvalue weighted by Gasteiger charge is -2.08. The number of pyridine rings is 1. The molecular formula is C7H6BrF2IN2. The molecule has 0 aromatic carbocycles. The van der Waals surface area contributed by atoms with E-state index < -0.39 is 6.43 Å². The molecule has 0 aliphatic heterocycles. The first-order valence-electron chi connectivity index (χ1n) is 3.34. The van der Waals surface area contributed by atoms with Gasteiger partial charge in [0.15, 0.2) is 0 Å². The third-order valence-corrected chi connectivity index (χ3v) is 3.38. The van der Waals surface area contributed by atoms with Crippen LogP contribution in [0.1, 0.15) is 17.7 Å². The third-order valence-electron chi connectivity index (χ3n) is 1.50. The predicted molar refractivity (Wildman–Crippen MR) is 59.0 cm³/mol. The molecule has 0 bridgehead atoms. The molecule has 0 aliphatic carbocycles. The van der Waals surface area contributed by atoms with Gasteiger partial charge in [-0.15, -0.1) is 0 Å². The minimum Gasteiger partial charge on any atom is -0.396 e. The molecule has 0 spiro atoms. The van der Waals surface area contributed by atoms with Crippen LogP contribution in [0, 0.1) is 3.57 Å². The van der Waals surface area contributed by atoms with E-state index in [9.17, 15) is 8.78 Å². The summed E-state index contributed by atoms with van der Waals surface area (Å²) in [5, 5.41) is 0.561. The molecule has 0 unspecified atom stereocenters. The Balaban J connectivity index is 3.23. The molecule has 1 rings (SSSR count). The van der Waals surface area contributed by atoms with Crippen LogP contribution in [-0.2, 0) is 5.33 Å². The van der Waals surface area contributed by atoms with Crippen molar-refractivity contribution in [3.8, 4) is 0 Å². The molecule has 0 atom stereocenters. The SMILES string of the molecule is Nc1c(C(F)F)ncc(CBr)c1I. The Hall–Kier alpha value is 0.0200. The van der Waals surface area contributed by atoms with Gasteiger partial charge in [-0.05, 0) is 28.2 Å². The van der Waals surface area contributed by atoms with E-state index in [0.717, 1.165) is 5.56 Å². The predicted octanol–water partition coefficient (Wildman–Crippen LogP) is 3.10. The number of nitrogens with two attached hydrogens (primary N) is 1. The quantitative estimate of drug-likeness (QED) is 0.648. The lowest BCUT2D eigenvalue weighted by molar-refractivity contribution is 0.147. The molecule has 0 amide bonds. The van der Waals surface area contributed by atoms with E-state index in [1.54, 1.807) is 0 Å². The highest BCUT2D eigenvalue weighted by atomic mass is 127. The lowest BCUT2D eigenvalue weighted by atomic mass is 10.2. The molecule has 1 aromatic heterocycles. The maximum atomic E-state index is 12.3. The molecule has 6 heteroatoms. The summed E-state index contributed by atoms with van der Waals surface area (Å²) in [6.45, 7) is 0. The first-order valence-corrected chi connectivity index (χ1v) is 5.54. The van der Waals surface area contributed by atoms with Gasteiger partial charge in [-0.25, -0.2) is 8.78 Å². The van der Waals surface area contributed by atoms with Gasteiger partial charge >= 0.3 is 0 Å². The van der Waals surface area contributed by atoms with E-state index in [2.05, 4.69) is 20.9 Å². The van der Waals surface area contributed by atoms with E-state index in [0.29, 0.717) is 8.90 Å². The molecule has 1 heterocycles. The molecule has 1 aromatic rings. The second kappa shape index (κ2) is 4.50. The normalized spacial score (nSPS) is 10.8. The number of nitrogens with zero attached hydrogens (tertiary/aromatic N) is 1. The van der Waals surface area contributed by atoms with Gasteiger partial charge in [-0.3, -0.25) is 4.98 Å². The molecule has 0 fully saturated rings. The molecule has 72 valence electrons. The minimum atomic E-state index is -2.61. The van der Waals surface area contributed by atoms with Crippen molar-refractivity contribution in [3.63, 3.8) is 0 Å². The van der Waals surface area contributed by atoms with Gasteiger partial charge in [-0.2, -0.15) is 0 Å². The summed E-state index contributed by atoms with van der Waals surface area (Å²) in [4.78, 5) is 3.60. The molecule has 13 heavy (non-hydrogen) atoms. The monoisotopic (exact) mass is 362 g/mol. The summed E-state index contributed by atoms with van der Waals surface area (Å²) >= 11 is 5.15. The number of hydrogen-bond donors (Lipinski definition) is 1. The van der Waals surface area contributed by atoms with Crippen LogP contribution in [0.15, 0.2) is 6.20 Å². The van der Waals surface area contributed by atoms with Crippen molar-refractivity contribution in [2.75, 3.05) is 5.73 Å². The Bertz CT molecular complexity index is 320. The van der Waals surface area contributed by atoms with Crippen molar-refractivity contribution in [1.29, 1.82) is 0 Å². The Labute approximate surface area is 96.2 Å². The first-order chi connectivity index (χ1) is 6.07. The van der Waals surface area contributed by atoms with Gasteiger partial charge in [-0.1, -0.05) is 15.9 Å². The summed E-state index contributed by atoms with van der Waals surface area (Å²) in [6, 6.07) is 0. The second-order valence-corrected chi connectivity index (χ2v) is 3.97. The maximum Gasteiger partial charge on any atom is 0.282 e. The van der Waals surface area contributed by atoms with Gasteiger partial charge < -0.3 is 5.73 Å². The standard InChI is InChI=1S/C7H6BrF2IN2/c8-1-3-2-13-6(7(9)10)5(12)4(3)11/h2,7H,1,12H2. The largest absolute Gasteiger partial charge is 0.396 e. The number of aromatic nitrogens is 1. The Kier molecular flexibility index (Phi) is 3.84. The van der Waals surface area contributed by atoms with Gasteiger partial charge in [0, 0.05) is 15.1 Å². The van der Waals surface area contributed by atoms with Gasteiger partial charge in [0.05, 0.1) is 5.69 Å². The lowest BCUT2D eigenvalue weighted by Crippen LogP contribution is -2.03. The smallest absolute Gasteiger partial charge is 0.282 e. The van der Waals surface area contributed by atoms with Crippen molar-refractivity contribution in [2.45, 2.75) is 11.8 Å². The highest BCUT2D eigenvalue weighted by Crippen LogP contribution is 2.29. The van der Waals surface area contributed by atoms with E-state index >= 15 is 0 Å². The van der Waals surface area contributed by atoms with Crippen LogP contribution in [0.25, 0.3) is 0 Å². The van der Waals surface area contributed by atoms with E-state index in [4.69, 9.17) is 5.73 Å². The number of anilines is 1. The van der Waals surface area contributed by atoms with Crippen molar-refractivity contribution < 1.29 is 8.78 Å². The summed E-state index contributed by atoms with van der Waals surface area (Å²) < 4.78 is 25.2. The highest BCUT2D eigenvalue weighted by Gasteiger charge is 2.16. The van der Waals surface area contributed by atoms with Crippen LogP contribution in [-0.4, -0.2) is 4.98 Å². The third kappa shape index (κ3) is 2.28. The van der Waals surface area contributed by atoms with Crippen LogP contribution in [0.5, 0.6) is 0 Å². The zero-order valence-corrected chi connectivity index (χ0v) is 10.1. The van der Waals surface area contributed by atoms with E-state index in [1.165, 1.54) is 6.20 Å². The number of nitrogen functional groups attached to an aromatic ring is 1. The van der Waals surface area contributed by atoms with Crippen molar-refractivity contribution in [2.24, 2.45) is 0 Å². The molecule has 0 radical (unpaired) electrons. The molecular weight excluding hydrogens is 357 g/mol. The van der Waals surface area contributed by atoms with Gasteiger partial charge in [0.25, 0.3) is 6.43 Å². The Morgan fingerprint density at radius 1 is 1.62 bits per heavy atom. The number of rotatable bonds is 2. The zero-order chi connectivity index (χ0) is 10.0.